The molecule has 0 spiro atoms. The summed E-state index contributed by atoms with van der Waals surface area (Å²) in [6, 6.07) is 10.8. The molecule has 0 saturated heterocycles. The van der Waals surface area contributed by atoms with Crippen LogP contribution in [0.15, 0.2) is 41.5 Å². The maximum Gasteiger partial charge on any atom is 0.277 e. The predicted molar refractivity (Wildman–Crippen MR) is 93.6 cm³/mol. The highest BCUT2D eigenvalue weighted by atomic mass is 35.5. The number of hydrogen-bond donors (Lipinski definition) is 1. The van der Waals surface area contributed by atoms with Gasteiger partial charge in [-0.25, -0.2) is 5.43 Å². The van der Waals surface area contributed by atoms with E-state index in [1.807, 2.05) is 32.0 Å². The molecule has 0 aliphatic rings. The van der Waals surface area contributed by atoms with Crippen molar-refractivity contribution < 1.29 is 9.53 Å². The number of rotatable bonds is 5. The molecule has 0 aromatic heterocycles. The molecular formula is C17H16Cl2N2O2. The first kappa shape index (κ1) is 17.3. The van der Waals surface area contributed by atoms with E-state index in [9.17, 15) is 4.79 Å². The Balaban J connectivity index is 1.86. The zero-order valence-electron chi connectivity index (χ0n) is 12.8. The number of nitrogens with one attached hydrogen (secondary N) is 1. The molecule has 0 radical (unpaired) electrons. The molecule has 0 bridgehead atoms. The molecule has 23 heavy (non-hydrogen) atoms. The first-order valence-corrected chi connectivity index (χ1v) is 7.69. The molecule has 4 nitrogen and oxygen atoms in total. The van der Waals surface area contributed by atoms with E-state index in [-0.39, 0.29) is 12.5 Å². The average molecular weight is 351 g/mol. The average Bonchev–Trinajstić information content (AvgIpc) is 2.52. The standard InChI is InChI=1S/C17H16Cl2N2O2/c1-11-6-7-14(8-12(11)2)23-10-16(22)21-20-9-13-4-3-5-15(18)17(13)19/h3-9H,10H2,1-2H3,(H,21,22). The fourth-order valence-electron chi connectivity index (χ4n) is 1.78. The van der Waals surface area contributed by atoms with E-state index >= 15 is 0 Å². The van der Waals surface area contributed by atoms with Crippen LogP contribution in [0.3, 0.4) is 0 Å². The molecule has 0 heterocycles. The van der Waals surface area contributed by atoms with Crippen molar-refractivity contribution in [3.63, 3.8) is 0 Å². The number of ether oxygens (including phenoxy) is 1. The number of carbonyl (C=O) groups excluding carboxylic acids is 1. The Morgan fingerprint density at radius 1 is 1.22 bits per heavy atom. The normalized spacial score (nSPS) is 10.8. The van der Waals surface area contributed by atoms with Crippen LogP contribution >= 0.6 is 23.2 Å². The molecule has 2 rings (SSSR count). The van der Waals surface area contributed by atoms with E-state index in [0.29, 0.717) is 21.4 Å². The lowest BCUT2D eigenvalue weighted by atomic mass is 10.1. The van der Waals surface area contributed by atoms with Crippen LogP contribution in [0.25, 0.3) is 0 Å². The first-order chi connectivity index (χ1) is 11.0. The topological polar surface area (TPSA) is 50.7 Å². The Morgan fingerprint density at radius 3 is 2.74 bits per heavy atom. The molecular weight excluding hydrogens is 335 g/mol. The lowest BCUT2D eigenvalue weighted by molar-refractivity contribution is -0.123. The SMILES string of the molecule is Cc1ccc(OCC(=O)NN=Cc2cccc(Cl)c2Cl)cc1C. The van der Waals surface area contributed by atoms with Crippen molar-refractivity contribution >= 4 is 35.3 Å². The minimum Gasteiger partial charge on any atom is -0.484 e. The highest BCUT2D eigenvalue weighted by Crippen LogP contribution is 2.24. The summed E-state index contributed by atoms with van der Waals surface area (Å²) >= 11 is 11.9. The number of halogens is 2. The largest absolute Gasteiger partial charge is 0.484 e. The van der Waals surface area contributed by atoms with Gasteiger partial charge in [-0.15, -0.1) is 0 Å². The molecule has 0 fully saturated rings. The molecule has 0 aliphatic carbocycles. The van der Waals surface area contributed by atoms with Crippen LogP contribution in [-0.4, -0.2) is 18.7 Å². The van der Waals surface area contributed by atoms with Gasteiger partial charge in [-0.2, -0.15) is 5.10 Å². The van der Waals surface area contributed by atoms with Crippen molar-refractivity contribution in [1.29, 1.82) is 0 Å². The van der Waals surface area contributed by atoms with Gasteiger partial charge in [0.15, 0.2) is 6.61 Å². The Bertz CT molecular complexity index is 745. The Hall–Kier alpha value is -2.04. The zero-order valence-corrected chi connectivity index (χ0v) is 14.3. The van der Waals surface area contributed by atoms with Crippen molar-refractivity contribution in [3.8, 4) is 5.75 Å². The quantitative estimate of drug-likeness (QED) is 0.650. The highest BCUT2D eigenvalue weighted by Gasteiger charge is 2.04. The maximum absolute atomic E-state index is 11.7. The lowest BCUT2D eigenvalue weighted by Crippen LogP contribution is -2.24. The van der Waals surface area contributed by atoms with Crippen molar-refractivity contribution in [3.05, 3.63) is 63.1 Å². The fraction of sp³-hybridized carbons (Fsp3) is 0.176. The second-order valence-electron chi connectivity index (χ2n) is 4.97. The molecule has 0 saturated carbocycles. The number of nitrogens with zero attached hydrogens (tertiary/aromatic N) is 1. The molecule has 0 aliphatic heterocycles. The third-order valence-corrected chi connectivity index (χ3v) is 4.06. The summed E-state index contributed by atoms with van der Waals surface area (Å²) in [5.41, 5.74) is 5.28. The molecule has 2 aromatic carbocycles. The molecule has 120 valence electrons. The van der Waals surface area contributed by atoms with Crippen molar-refractivity contribution in [2.45, 2.75) is 13.8 Å². The van der Waals surface area contributed by atoms with E-state index < -0.39 is 0 Å². The Kier molecular flexibility index (Phi) is 6.02. The van der Waals surface area contributed by atoms with E-state index in [1.54, 1.807) is 18.2 Å². The number of hydrogen-bond acceptors (Lipinski definition) is 3. The summed E-state index contributed by atoms with van der Waals surface area (Å²) in [5.74, 6) is 0.280. The lowest BCUT2D eigenvalue weighted by Gasteiger charge is -2.07. The van der Waals surface area contributed by atoms with Crippen molar-refractivity contribution in [2.75, 3.05) is 6.61 Å². The van der Waals surface area contributed by atoms with Gasteiger partial charge in [0.1, 0.15) is 5.75 Å². The van der Waals surface area contributed by atoms with Gasteiger partial charge in [-0.3, -0.25) is 4.79 Å². The van der Waals surface area contributed by atoms with Gasteiger partial charge in [-0.1, -0.05) is 41.4 Å². The predicted octanol–water partition coefficient (Wildman–Crippen LogP) is 4.14. The summed E-state index contributed by atoms with van der Waals surface area (Å²) in [7, 11) is 0. The van der Waals surface area contributed by atoms with Crippen LogP contribution in [0.5, 0.6) is 5.75 Å². The number of hydrazone groups is 1. The van der Waals surface area contributed by atoms with Gasteiger partial charge in [-0.05, 0) is 43.2 Å². The minimum absolute atomic E-state index is 0.122. The third-order valence-electron chi connectivity index (χ3n) is 3.22. The van der Waals surface area contributed by atoms with Gasteiger partial charge >= 0.3 is 0 Å². The van der Waals surface area contributed by atoms with E-state index in [0.717, 1.165) is 5.56 Å². The van der Waals surface area contributed by atoms with E-state index in [4.69, 9.17) is 27.9 Å². The van der Waals surface area contributed by atoms with Crippen LogP contribution in [-0.2, 0) is 4.79 Å². The van der Waals surface area contributed by atoms with Gasteiger partial charge < -0.3 is 4.74 Å². The van der Waals surface area contributed by atoms with Crippen LogP contribution in [0, 0.1) is 13.8 Å². The molecule has 0 unspecified atom stereocenters. The summed E-state index contributed by atoms with van der Waals surface area (Å²) < 4.78 is 5.42. The van der Waals surface area contributed by atoms with Crippen LogP contribution in [0.1, 0.15) is 16.7 Å². The summed E-state index contributed by atoms with van der Waals surface area (Å²) in [6.45, 7) is 3.88. The van der Waals surface area contributed by atoms with Gasteiger partial charge in [0, 0.05) is 5.56 Å². The zero-order chi connectivity index (χ0) is 16.8. The van der Waals surface area contributed by atoms with Gasteiger partial charge in [0.2, 0.25) is 0 Å². The molecule has 2 aromatic rings. The van der Waals surface area contributed by atoms with Crippen molar-refractivity contribution in [2.24, 2.45) is 5.10 Å². The fourth-order valence-corrected chi connectivity index (χ4v) is 2.14. The van der Waals surface area contributed by atoms with Crippen LogP contribution in [0.4, 0.5) is 0 Å². The Morgan fingerprint density at radius 2 is 2.00 bits per heavy atom. The third kappa shape index (κ3) is 4.98. The minimum atomic E-state index is -0.363. The number of carbonyl (C=O) groups is 1. The number of amides is 1. The highest BCUT2D eigenvalue weighted by molar-refractivity contribution is 6.43. The monoisotopic (exact) mass is 350 g/mol. The van der Waals surface area contributed by atoms with E-state index in [2.05, 4.69) is 10.5 Å². The maximum atomic E-state index is 11.7. The van der Waals surface area contributed by atoms with Crippen LogP contribution in [0.2, 0.25) is 10.0 Å². The van der Waals surface area contributed by atoms with Gasteiger partial charge in [0.25, 0.3) is 5.91 Å². The second-order valence-corrected chi connectivity index (χ2v) is 5.76. The van der Waals surface area contributed by atoms with E-state index in [1.165, 1.54) is 11.8 Å². The summed E-state index contributed by atoms with van der Waals surface area (Å²) in [6.07, 6.45) is 1.43. The molecule has 1 amide bonds. The second kappa shape index (κ2) is 7.99. The summed E-state index contributed by atoms with van der Waals surface area (Å²) in [5, 5.41) is 4.66. The molecule has 1 N–H and O–H groups in total. The molecule has 6 heteroatoms. The van der Waals surface area contributed by atoms with Crippen LogP contribution < -0.4 is 10.2 Å². The Labute approximate surface area is 145 Å². The van der Waals surface area contributed by atoms with Gasteiger partial charge in [0.05, 0.1) is 16.3 Å². The van der Waals surface area contributed by atoms with Crippen molar-refractivity contribution in [1.82, 2.24) is 5.43 Å². The number of benzene rings is 2. The molecule has 0 atom stereocenters. The number of aryl methyl sites for hydroxylation is 2. The summed E-state index contributed by atoms with van der Waals surface area (Å²) in [4.78, 5) is 11.7. The smallest absolute Gasteiger partial charge is 0.277 e. The first-order valence-electron chi connectivity index (χ1n) is 6.93.